The standard InChI is InChI=1S/C22H29N5O2S/c1-2-20-26-27-22(30-20)25-19(28)14-13-17(12-11-16-8-4-3-5-9-16)24-21(29)18-10-6-7-15-23-18/h3-5,8-9,13-14,17-18,23H,2,6-7,10-12,15H2,1H3,(H,24,29)(H,25,27,28)/b14-13+/t17-,18?/m0/s1. The Morgan fingerprint density at radius 3 is 2.80 bits per heavy atom. The topological polar surface area (TPSA) is 96.0 Å². The predicted octanol–water partition coefficient (Wildman–Crippen LogP) is 2.85. The lowest BCUT2D eigenvalue weighted by atomic mass is 10.0. The van der Waals surface area contributed by atoms with Crippen LogP contribution in [-0.4, -0.2) is 40.6 Å². The number of nitrogens with zero attached hydrogens (tertiary/aromatic N) is 2. The number of amides is 2. The maximum absolute atomic E-state index is 12.7. The first kappa shape index (κ1) is 22.1. The van der Waals surface area contributed by atoms with E-state index >= 15 is 0 Å². The van der Waals surface area contributed by atoms with Gasteiger partial charge in [0.05, 0.1) is 6.04 Å². The lowest BCUT2D eigenvalue weighted by molar-refractivity contribution is -0.124. The van der Waals surface area contributed by atoms with E-state index in [0.29, 0.717) is 11.6 Å². The maximum Gasteiger partial charge on any atom is 0.249 e. The molecule has 0 bridgehead atoms. The molecule has 1 aliphatic heterocycles. The van der Waals surface area contributed by atoms with Gasteiger partial charge in [-0.1, -0.05) is 61.1 Å². The van der Waals surface area contributed by atoms with Gasteiger partial charge in [0, 0.05) is 12.1 Å². The summed E-state index contributed by atoms with van der Waals surface area (Å²) >= 11 is 1.37. The number of anilines is 1. The third-order valence-corrected chi connectivity index (χ3v) is 6.00. The lowest BCUT2D eigenvalue weighted by Crippen LogP contribution is -2.49. The van der Waals surface area contributed by atoms with Gasteiger partial charge in [0.25, 0.3) is 0 Å². The molecule has 2 atom stereocenters. The molecule has 1 aliphatic rings. The van der Waals surface area contributed by atoms with Crippen molar-refractivity contribution in [1.29, 1.82) is 0 Å². The van der Waals surface area contributed by atoms with E-state index in [2.05, 4.69) is 38.3 Å². The first-order valence-electron chi connectivity index (χ1n) is 10.5. The molecule has 7 nitrogen and oxygen atoms in total. The van der Waals surface area contributed by atoms with Crippen LogP contribution in [0, 0.1) is 0 Å². The fourth-order valence-corrected chi connectivity index (χ4v) is 4.02. The molecular formula is C22H29N5O2S. The minimum absolute atomic E-state index is 0.00506. The predicted molar refractivity (Wildman–Crippen MR) is 119 cm³/mol. The molecule has 2 aromatic rings. The fourth-order valence-electron chi connectivity index (χ4n) is 3.34. The van der Waals surface area contributed by atoms with Gasteiger partial charge in [-0.3, -0.25) is 14.9 Å². The summed E-state index contributed by atoms with van der Waals surface area (Å²) < 4.78 is 0. The molecule has 160 valence electrons. The summed E-state index contributed by atoms with van der Waals surface area (Å²) in [5.41, 5.74) is 1.20. The van der Waals surface area contributed by atoms with Gasteiger partial charge in [-0.05, 0) is 44.2 Å². The minimum Gasteiger partial charge on any atom is -0.349 e. The van der Waals surface area contributed by atoms with Gasteiger partial charge in [0.1, 0.15) is 5.01 Å². The van der Waals surface area contributed by atoms with Crippen molar-refractivity contribution in [2.24, 2.45) is 0 Å². The van der Waals surface area contributed by atoms with Crippen LogP contribution in [0.2, 0.25) is 0 Å². The number of benzene rings is 1. The van der Waals surface area contributed by atoms with Crippen molar-refractivity contribution in [3.63, 3.8) is 0 Å². The number of nitrogens with one attached hydrogen (secondary N) is 3. The quantitative estimate of drug-likeness (QED) is 0.535. The van der Waals surface area contributed by atoms with Gasteiger partial charge in [0.15, 0.2) is 0 Å². The third kappa shape index (κ3) is 7.03. The van der Waals surface area contributed by atoms with E-state index in [1.54, 1.807) is 6.08 Å². The Bertz CT molecular complexity index is 846. The van der Waals surface area contributed by atoms with Crippen LogP contribution in [0.15, 0.2) is 42.5 Å². The van der Waals surface area contributed by atoms with Crippen LogP contribution >= 0.6 is 11.3 Å². The van der Waals surface area contributed by atoms with E-state index in [1.165, 1.54) is 23.0 Å². The van der Waals surface area contributed by atoms with Crippen molar-refractivity contribution in [3.8, 4) is 0 Å². The smallest absolute Gasteiger partial charge is 0.249 e. The van der Waals surface area contributed by atoms with Crippen LogP contribution < -0.4 is 16.0 Å². The van der Waals surface area contributed by atoms with Crippen LogP contribution in [0.3, 0.4) is 0 Å². The molecule has 3 N–H and O–H groups in total. The molecule has 3 rings (SSSR count). The highest BCUT2D eigenvalue weighted by Crippen LogP contribution is 2.15. The largest absolute Gasteiger partial charge is 0.349 e. The van der Waals surface area contributed by atoms with Crippen molar-refractivity contribution in [2.75, 3.05) is 11.9 Å². The molecule has 0 spiro atoms. The van der Waals surface area contributed by atoms with Crippen LogP contribution in [0.4, 0.5) is 5.13 Å². The fraction of sp³-hybridized carbons (Fsp3) is 0.455. The average Bonchev–Trinajstić information content (AvgIpc) is 3.24. The Kier molecular flexibility index (Phi) is 8.53. The third-order valence-electron chi connectivity index (χ3n) is 5.02. The number of carbonyl (C=O) groups is 2. The molecule has 30 heavy (non-hydrogen) atoms. The summed E-state index contributed by atoms with van der Waals surface area (Å²) in [6, 6.07) is 9.74. The van der Waals surface area contributed by atoms with Crippen molar-refractivity contribution in [1.82, 2.24) is 20.8 Å². The van der Waals surface area contributed by atoms with Gasteiger partial charge >= 0.3 is 0 Å². The molecule has 0 saturated carbocycles. The number of rotatable bonds is 9. The number of aryl methyl sites for hydroxylation is 2. The van der Waals surface area contributed by atoms with E-state index in [-0.39, 0.29) is 23.9 Å². The molecule has 2 heterocycles. The molecule has 1 aromatic carbocycles. The summed E-state index contributed by atoms with van der Waals surface area (Å²) in [5, 5.41) is 18.4. The first-order chi connectivity index (χ1) is 14.6. The molecule has 0 radical (unpaired) electrons. The van der Waals surface area contributed by atoms with Crippen molar-refractivity contribution < 1.29 is 9.59 Å². The van der Waals surface area contributed by atoms with Crippen molar-refractivity contribution >= 4 is 28.3 Å². The number of carbonyl (C=O) groups excluding carboxylic acids is 2. The van der Waals surface area contributed by atoms with Gasteiger partial charge in [-0.2, -0.15) is 0 Å². The second kappa shape index (κ2) is 11.6. The van der Waals surface area contributed by atoms with Crippen LogP contribution in [0.25, 0.3) is 0 Å². The van der Waals surface area contributed by atoms with Crippen LogP contribution in [0.5, 0.6) is 0 Å². The zero-order valence-corrected chi connectivity index (χ0v) is 18.1. The zero-order valence-electron chi connectivity index (χ0n) is 17.3. The second-order valence-corrected chi connectivity index (χ2v) is 8.41. The number of hydrogen-bond donors (Lipinski definition) is 3. The Morgan fingerprint density at radius 1 is 1.27 bits per heavy atom. The molecule has 1 fully saturated rings. The molecule has 2 amide bonds. The Labute approximate surface area is 181 Å². The van der Waals surface area contributed by atoms with Gasteiger partial charge < -0.3 is 10.6 Å². The summed E-state index contributed by atoms with van der Waals surface area (Å²) in [6.07, 6.45) is 8.55. The zero-order chi connectivity index (χ0) is 21.2. The monoisotopic (exact) mass is 427 g/mol. The first-order valence-corrected chi connectivity index (χ1v) is 11.3. The second-order valence-electron chi connectivity index (χ2n) is 7.34. The molecule has 1 unspecified atom stereocenters. The van der Waals surface area contributed by atoms with E-state index in [1.807, 2.05) is 25.1 Å². The summed E-state index contributed by atoms with van der Waals surface area (Å²) in [7, 11) is 0. The SMILES string of the molecule is CCc1nnc(NC(=O)/C=C/[C@H](CCc2ccccc2)NC(=O)C2CCCCN2)s1. The average molecular weight is 428 g/mol. The van der Waals surface area contributed by atoms with Gasteiger partial charge in [-0.25, -0.2) is 0 Å². The van der Waals surface area contributed by atoms with Crippen molar-refractivity contribution in [2.45, 2.75) is 57.5 Å². The number of hydrogen-bond acceptors (Lipinski definition) is 6. The Balaban J connectivity index is 1.60. The molecule has 1 aromatic heterocycles. The van der Waals surface area contributed by atoms with Gasteiger partial charge in [-0.15, -0.1) is 10.2 Å². The van der Waals surface area contributed by atoms with E-state index in [0.717, 1.165) is 43.7 Å². The number of aromatic nitrogens is 2. The number of piperidine rings is 1. The molecule has 0 aliphatic carbocycles. The van der Waals surface area contributed by atoms with E-state index in [9.17, 15) is 9.59 Å². The van der Waals surface area contributed by atoms with E-state index < -0.39 is 0 Å². The van der Waals surface area contributed by atoms with E-state index in [4.69, 9.17) is 0 Å². The molecular weight excluding hydrogens is 398 g/mol. The maximum atomic E-state index is 12.7. The van der Waals surface area contributed by atoms with Gasteiger partial charge in [0.2, 0.25) is 16.9 Å². The Hall–Kier alpha value is -2.58. The summed E-state index contributed by atoms with van der Waals surface area (Å²) in [4.78, 5) is 25.0. The summed E-state index contributed by atoms with van der Waals surface area (Å²) in [6.45, 7) is 2.86. The summed E-state index contributed by atoms with van der Waals surface area (Å²) in [5.74, 6) is -0.280. The highest BCUT2D eigenvalue weighted by molar-refractivity contribution is 7.15. The van der Waals surface area contributed by atoms with Crippen LogP contribution in [-0.2, 0) is 22.4 Å². The van der Waals surface area contributed by atoms with Crippen molar-refractivity contribution in [3.05, 3.63) is 53.1 Å². The van der Waals surface area contributed by atoms with Crippen LogP contribution in [0.1, 0.15) is 43.2 Å². The Morgan fingerprint density at radius 2 is 2.10 bits per heavy atom. The highest BCUT2D eigenvalue weighted by Gasteiger charge is 2.22. The lowest BCUT2D eigenvalue weighted by Gasteiger charge is -2.25. The minimum atomic E-state index is -0.274. The highest BCUT2D eigenvalue weighted by atomic mass is 32.1. The molecule has 8 heteroatoms. The normalized spacial score (nSPS) is 17.6. The molecule has 1 saturated heterocycles.